The zero-order chi connectivity index (χ0) is 11.1. The molecule has 3 rings (SSSR count). The third kappa shape index (κ3) is 1.46. The number of nitrogens with one attached hydrogen (secondary N) is 1. The molecular weight excluding hydrogens is 266 g/mol. The first-order valence-corrected chi connectivity index (χ1v) is 5.82. The van der Waals surface area contributed by atoms with Crippen LogP contribution in [0, 0.1) is 6.92 Å². The van der Waals surface area contributed by atoms with Crippen LogP contribution < -0.4 is 0 Å². The highest BCUT2D eigenvalue weighted by atomic mass is 79.9. The Kier molecular flexibility index (Phi) is 2.11. The highest BCUT2D eigenvalue weighted by Gasteiger charge is 2.06. The van der Waals surface area contributed by atoms with E-state index in [0.717, 1.165) is 21.5 Å². The number of imidazole rings is 1. The monoisotopic (exact) mass is 275 g/mol. The van der Waals surface area contributed by atoms with Gasteiger partial charge in [-0.15, -0.1) is 0 Å². The van der Waals surface area contributed by atoms with Crippen LogP contribution in [0.4, 0.5) is 0 Å². The van der Waals surface area contributed by atoms with E-state index in [2.05, 4.69) is 38.9 Å². The van der Waals surface area contributed by atoms with Crippen LogP contribution in [0.25, 0.3) is 17.0 Å². The van der Waals surface area contributed by atoms with Crippen LogP contribution in [-0.2, 0) is 0 Å². The van der Waals surface area contributed by atoms with Gasteiger partial charge in [-0.3, -0.25) is 0 Å². The Balaban J connectivity index is 2.23. The third-order valence-corrected chi connectivity index (χ3v) is 3.44. The molecule has 1 N–H and O–H groups in total. The summed E-state index contributed by atoms with van der Waals surface area (Å²) in [6.07, 6.45) is 5.95. The average Bonchev–Trinajstić information content (AvgIpc) is 2.86. The topological polar surface area (TPSA) is 33.1 Å². The van der Waals surface area contributed by atoms with E-state index in [1.54, 1.807) is 0 Å². The van der Waals surface area contributed by atoms with Crippen molar-refractivity contribution in [2.75, 3.05) is 0 Å². The van der Waals surface area contributed by atoms with Crippen molar-refractivity contribution in [3.8, 4) is 11.4 Å². The molecule has 0 bridgehead atoms. The maximum Gasteiger partial charge on any atom is 0.137 e. The van der Waals surface area contributed by atoms with Crippen molar-refractivity contribution in [3.63, 3.8) is 0 Å². The Morgan fingerprint density at radius 3 is 3.00 bits per heavy atom. The minimum Gasteiger partial charge on any atom is -0.360 e. The summed E-state index contributed by atoms with van der Waals surface area (Å²) in [5.41, 5.74) is 4.15. The van der Waals surface area contributed by atoms with Gasteiger partial charge in [0.1, 0.15) is 11.3 Å². The maximum absolute atomic E-state index is 4.57. The zero-order valence-corrected chi connectivity index (χ0v) is 10.3. The van der Waals surface area contributed by atoms with Crippen LogP contribution in [0.5, 0.6) is 0 Å². The second kappa shape index (κ2) is 3.49. The zero-order valence-electron chi connectivity index (χ0n) is 8.74. The van der Waals surface area contributed by atoms with Crippen LogP contribution in [-0.4, -0.2) is 14.4 Å². The molecule has 0 saturated heterocycles. The molecule has 0 aromatic carbocycles. The lowest BCUT2D eigenvalue weighted by Crippen LogP contribution is -1.85. The highest BCUT2D eigenvalue weighted by molar-refractivity contribution is 9.10. The van der Waals surface area contributed by atoms with Crippen molar-refractivity contribution < 1.29 is 0 Å². The summed E-state index contributed by atoms with van der Waals surface area (Å²) >= 11 is 3.52. The Morgan fingerprint density at radius 1 is 1.38 bits per heavy atom. The molecule has 4 heteroatoms. The molecule has 3 nitrogen and oxygen atoms in total. The fourth-order valence-electron chi connectivity index (χ4n) is 1.72. The van der Waals surface area contributed by atoms with Crippen molar-refractivity contribution in [2.45, 2.75) is 6.92 Å². The minimum absolute atomic E-state index is 0.961. The third-order valence-electron chi connectivity index (χ3n) is 2.61. The lowest BCUT2D eigenvalue weighted by Gasteiger charge is -1.98. The molecule has 0 spiro atoms. The first-order chi connectivity index (χ1) is 7.74. The number of halogens is 1. The lowest BCUT2D eigenvalue weighted by molar-refractivity contribution is 1.16. The molecule has 0 amide bonds. The quantitative estimate of drug-likeness (QED) is 0.726. The molecule has 3 aromatic rings. The largest absolute Gasteiger partial charge is 0.360 e. The number of hydrogen-bond acceptors (Lipinski definition) is 1. The van der Waals surface area contributed by atoms with Crippen molar-refractivity contribution in [1.82, 2.24) is 14.4 Å². The molecular formula is C12H10BrN3. The number of nitrogens with zero attached hydrogens (tertiary/aromatic N) is 2. The van der Waals surface area contributed by atoms with Crippen molar-refractivity contribution in [2.24, 2.45) is 0 Å². The van der Waals surface area contributed by atoms with Crippen LogP contribution in [0.2, 0.25) is 0 Å². The van der Waals surface area contributed by atoms with E-state index in [-0.39, 0.29) is 0 Å². The summed E-state index contributed by atoms with van der Waals surface area (Å²) in [6, 6.07) is 6.06. The van der Waals surface area contributed by atoms with Gasteiger partial charge in [-0.1, -0.05) is 0 Å². The molecule has 0 unspecified atom stereocenters. The van der Waals surface area contributed by atoms with E-state index >= 15 is 0 Å². The predicted octanol–water partition coefficient (Wildman–Crippen LogP) is 3.40. The lowest BCUT2D eigenvalue weighted by atomic mass is 10.3. The summed E-state index contributed by atoms with van der Waals surface area (Å²) in [6.45, 7) is 2.06. The number of fused-ring (bicyclic) bond motifs is 1. The first kappa shape index (κ1) is 9.66. The van der Waals surface area contributed by atoms with Gasteiger partial charge in [-0.05, 0) is 46.6 Å². The first-order valence-electron chi connectivity index (χ1n) is 5.02. The molecule has 16 heavy (non-hydrogen) atoms. The van der Waals surface area contributed by atoms with Crippen LogP contribution in [0.1, 0.15) is 5.56 Å². The van der Waals surface area contributed by atoms with Crippen LogP contribution in [0.3, 0.4) is 0 Å². The molecule has 3 aromatic heterocycles. The Hall–Kier alpha value is -1.55. The van der Waals surface area contributed by atoms with E-state index in [4.69, 9.17) is 0 Å². The average molecular weight is 276 g/mol. The molecule has 0 radical (unpaired) electrons. The molecule has 0 fully saturated rings. The van der Waals surface area contributed by atoms with Gasteiger partial charge in [0, 0.05) is 23.1 Å². The number of hydrogen-bond donors (Lipinski definition) is 1. The van der Waals surface area contributed by atoms with E-state index in [9.17, 15) is 0 Å². The second-order valence-electron chi connectivity index (χ2n) is 3.78. The Labute approximate surface area is 101 Å². The molecule has 0 atom stereocenters. The highest BCUT2D eigenvalue weighted by Crippen LogP contribution is 2.21. The minimum atomic E-state index is 0.961. The summed E-state index contributed by atoms with van der Waals surface area (Å²) in [5, 5.41) is 0. The van der Waals surface area contributed by atoms with Crippen molar-refractivity contribution in [1.29, 1.82) is 0 Å². The summed E-state index contributed by atoms with van der Waals surface area (Å²) in [4.78, 5) is 7.72. The normalized spacial score (nSPS) is 11.1. The Morgan fingerprint density at radius 2 is 2.25 bits per heavy atom. The number of aryl methyl sites for hydroxylation is 1. The Bertz CT molecular complexity index is 599. The molecule has 0 aliphatic carbocycles. The smallest absolute Gasteiger partial charge is 0.137 e. The van der Waals surface area contributed by atoms with Crippen molar-refractivity contribution in [3.05, 3.63) is 46.8 Å². The van der Waals surface area contributed by atoms with Gasteiger partial charge in [0.25, 0.3) is 0 Å². The number of rotatable bonds is 1. The SMILES string of the molecule is Cc1cc2nc(-c3ccc[nH]3)cn2cc1Br. The van der Waals surface area contributed by atoms with E-state index < -0.39 is 0 Å². The number of aromatic amines is 1. The summed E-state index contributed by atoms with van der Waals surface area (Å²) in [7, 11) is 0. The predicted molar refractivity (Wildman–Crippen MR) is 67.4 cm³/mol. The number of aromatic nitrogens is 3. The summed E-state index contributed by atoms with van der Waals surface area (Å²) in [5.74, 6) is 0. The van der Waals surface area contributed by atoms with E-state index in [1.807, 2.05) is 35.1 Å². The second-order valence-corrected chi connectivity index (χ2v) is 4.63. The number of pyridine rings is 1. The molecule has 0 saturated carbocycles. The van der Waals surface area contributed by atoms with Crippen LogP contribution in [0.15, 0.2) is 41.3 Å². The fourth-order valence-corrected chi connectivity index (χ4v) is 2.06. The van der Waals surface area contributed by atoms with Gasteiger partial charge < -0.3 is 9.38 Å². The fraction of sp³-hybridized carbons (Fsp3) is 0.0833. The van der Waals surface area contributed by atoms with Gasteiger partial charge >= 0.3 is 0 Å². The van der Waals surface area contributed by atoms with Gasteiger partial charge in [-0.2, -0.15) is 0 Å². The summed E-state index contributed by atoms with van der Waals surface area (Å²) < 4.78 is 3.11. The van der Waals surface area contributed by atoms with Gasteiger partial charge in [0.15, 0.2) is 0 Å². The molecule has 3 heterocycles. The van der Waals surface area contributed by atoms with Gasteiger partial charge in [0.2, 0.25) is 0 Å². The van der Waals surface area contributed by atoms with Gasteiger partial charge in [0.05, 0.1) is 5.69 Å². The molecule has 0 aliphatic rings. The van der Waals surface area contributed by atoms with E-state index in [0.29, 0.717) is 0 Å². The van der Waals surface area contributed by atoms with Gasteiger partial charge in [-0.25, -0.2) is 4.98 Å². The van der Waals surface area contributed by atoms with E-state index in [1.165, 1.54) is 5.56 Å². The maximum atomic E-state index is 4.57. The van der Waals surface area contributed by atoms with Crippen LogP contribution >= 0.6 is 15.9 Å². The van der Waals surface area contributed by atoms with Crippen molar-refractivity contribution >= 4 is 21.6 Å². The standard InChI is InChI=1S/C12H10BrN3/c1-8-5-12-15-11(10-3-2-4-14-10)7-16(12)6-9(8)13/h2-7,14H,1H3. The molecule has 80 valence electrons. The molecule has 0 aliphatic heterocycles. The number of H-pyrrole nitrogens is 1.